The van der Waals surface area contributed by atoms with Gasteiger partial charge in [-0.05, 0) is 48.9 Å². The van der Waals surface area contributed by atoms with Crippen molar-refractivity contribution in [3.05, 3.63) is 83.8 Å². The number of hydrogen-bond acceptors (Lipinski definition) is 4. The normalized spacial score (nSPS) is 10.5. The van der Waals surface area contributed by atoms with E-state index in [1.807, 2.05) is 86.6 Å². The summed E-state index contributed by atoms with van der Waals surface area (Å²) in [4.78, 5) is 16.6. The summed E-state index contributed by atoms with van der Waals surface area (Å²) in [5, 5.41) is 0. The van der Waals surface area contributed by atoms with Crippen molar-refractivity contribution >= 4 is 11.6 Å². The van der Waals surface area contributed by atoms with E-state index in [1.54, 1.807) is 11.2 Å². The molecule has 0 N–H and O–H groups in total. The molecule has 0 saturated carbocycles. The molecule has 0 bridgehead atoms. The van der Waals surface area contributed by atoms with Crippen LogP contribution in [0.25, 0.3) is 0 Å². The number of nitrogens with zero attached hydrogens (tertiary/aromatic N) is 2. The van der Waals surface area contributed by atoms with Crippen LogP contribution in [0.3, 0.4) is 0 Å². The minimum absolute atomic E-state index is 0.0143. The van der Waals surface area contributed by atoms with E-state index in [-0.39, 0.29) is 12.5 Å². The fourth-order valence-electron chi connectivity index (χ4n) is 2.81. The molecule has 5 heteroatoms. The van der Waals surface area contributed by atoms with Gasteiger partial charge in [-0.15, -0.1) is 0 Å². The van der Waals surface area contributed by atoms with Crippen molar-refractivity contribution in [1.82, 2.24) is 4.90 Å². The van der Waals surface area contributed by atoms with Crippen LogP contribution in [0.1, 0.15) is 16.9 Å². The molecule has 0 saturated heterocycles. The summed E-state index contributed by atoms with van der Waals surface area (Å²) >= 11 is 0. The summed E-state index contributed by atoms with van der Waals surface area (Å²) < 4.78 is 11.1. The number of rotatable bonds is 8. The summed E-state index contributed by atoms with van der Waals surface area (Å²) in [5.74, 6) is 1.34. The van der Waals surface area contributed by atoms with Crippen LogP contribution in [0.15, 0.2) is 71.3 Å². The Morgan fingerprint density at radius 2 is 1.68 bits per heavy atom. The second kappa shape index (κ2) is 9.13. The topological polar surface area (TPSA) is 45.9 Å². The second-order valence-electron chi connectivity index (χ2n) is 6.99. The Morgan fingerprint density at radius 3 is 2.29 bits per heavy atom. The van der Waals surface area contributed by atoms with E-state index in [0.717, 1.165) is 22.6 Å². The van der Waals surface area contributed by atoms with Gasteiger partial charge in [-0.25, -0.2) is 0 Å². The lowest BCUT2D eigenvalue weighted by molar-refractivity contribution is -0.134. The molecule has 0 fully saturated rings. The maximum absolute atomic E-state index is 12.8. The highest BCUT2D eigenvalue weighted by atomic mass is 16.5. The number of carbonyl (C=O) groups is 1. The smallest absolute Gasteiger partial charge is 0.261 e. The van der Waals surface area contributed by atoms with Gasteiger partial charge < -0.3 is 19.0 Å². The fourth-order valence-corrected chi connectivity index (χ4v) is 2.81. The molecule has 1 heterocycles. The van der Waals surface area contributed by atoms with E-state index in [4.69, 9.17) is 9.15 Å². The third-order valence-corrected chi connectivity index (χ3v) is 4.49. The summed E-state index contributed by atoms with van der Waals surface area (Å²) in [6.45, 7) is 2.89. The van der Waals surface area contributed by atoms with E-state index in [0.29, 0.717) is 18.8 Å². The zero-order valence-electron chi connectivity index (χ0n) is 16.6. The van der Waals surface area contributed by atoms with Crippen LogP contribution >= 0.6 is 0 Å². The van der Waals surface area contributed by atoms with Crippen LogP contribution < -0.4 is 9.64 Å². The van der Waals surface area contributed by atoms with Crippen molar-refractivity contribution in [2.75, 3.05) is 25.6 Å². The molecule has 28 heavy (non-hydrogen) atoms. The third-order valence-electron chi connectivity index (χ3n) is 4.49. The third kappa shape index (κ3) is 5.39. The van der Waals surface area contributed by atoms with Gasteiger partial charge in [0.05, 0.1) is 12.8 Å². The van der Waals surface area contributed by atoms with E-state index in [9.17, 15) is 4.79 Å². The largest absolute Gasteiger partial charge is 0.484 e. The van der Waals surface area contributed by atoms with E-state index >= 15 is 0 Å². The van der Waals surface area contributed by atoms with Gasteiger partial charge in [0, 0.05) is 26.3 Å². The molecule has 0 spiro atoms. The number of ether oxygens (including phenoxy) is 1. The molecule has 0 radical (unpaired) electrons. The van der Waals surface area contributed by atoms with Crippen LogP contribution in [0.2, 0.25) is 0 Å². The second-order valence-corrected chi connectivity index (χ2v) is 6.99. The van der Waals surface area contributed by atoms with Gasteiger partial charge in [0.1, 0.15) is 11.5 Å². The van der Waals surface area contributed by atoms with Crippen molar-refractivity contribution in [2.24, 2.45) is 0 Å². The van der Waals surface area contributed by atoms with Gasteiger partial charge in [0.25, 0.3) is 5.91 Å². The highest BCUT2D eigenvalue weighted by molar-refractivity contribution is 5.77. The van der Waals surface area contributed by atoms with Gasteiger partial charge in [-0.3, -0.25) is 4.79 Å². The monoisotopic (exact) mass is 378 g/mol. The molecular weight excluding hydrogens is 352 g/mol. The highest BCUT2D eigenvalue weighted by Crippen LogP contribution is 2.17. The quantitative estimate of drug-likeness (QED) is 0.587. The molecule has 0 aliphatic rings. The maximum Gasteiger partial charge on any atom is 0.261 e. The Labute approximate surface area is 166 Å². The Bertz CT molecular complexity index is 869. The molecular formula is C23H26N2O3. The summed E-state index contributed by atoms with van der Waals surface area (Å²) in [6.07, 6.45) is 1.62. The molecule has 146 valence electrons. The maximum atomic E-state index is 12.8. The highest BCUT2D eigenvalue weighted by Gasteiger charge is 2.17. The van der Waals surface area contributed by atoms with Gasteiger partial charge in [-0.2, -0.15) is 0 Å². The molecule has 3 rings (SSSR count). The van der Waals surface area contributed by atoms with E-state index < -0.39 is 0 Å². The number of carbonyl (C=O) groups excluding carboxylic acids is 1. The fraction of sp³-hybridized carbons (Fsp3) is 0.261. The SMILES string of the molecule is Cc1ccc(OCC(=O)N(Cc2ccc(N(C)C)cc2)Cc2ccco2)cc1. The Hall–Kier alpha value is -3.21. The van der Waals surface area contributed by atoms with Crippen molar-refractivity contribution in [3.8, 4) is 5.75 Å². The number of furan rings is 1. The first kappa shape index (κ1) is 19.5. The van der Waals surface area contributed by atoms with Crippen LogP contribution in [-0.2, 0) is 17.9 Å². The van der Waals surface area contributed by atoms with Gasteiger partial charge in [0.2, 0.25) is 0 Å². The number of anilines is 1. The number of hydrogen-bond donors (Lipinski definition) is 0. The average Bonchev–Trinajstić information content (AvgIpc) is 3.20. The van der Waals surface area contributed by atoms with Crippen molar-refractivity contribution in [2.45, 2.75) is 20.0 Å². The molecule has 3 aromatic rings. The molecule has 2 aromatic carbocycles. The first-order chi connectivity index (χ1) is 13.5. The van der Waals surface area contributed by atoms with E-state index in [2.05, 4.69) is 0 Å². The first-order valence-corrected chi connectivity index (χ1v) is 9.27. The number of aryl methyl sites for hydroxylation is 1. The molecule has 1 aromatic heterocycles. The van der Waals surface area contributed by atoms with Crippen molar-refractivity contribution in [3.63, 3.8) is 0 Å². The van der Waals surface area contributed by atoms with Crippen LogP contribution in [0, 0.1) is 6.92 Å². The van der Waals surface area contributed by atoms with E-state index in [1.165, 1.54) is 0 Å². The van der Waals surface area contributed by atoms with Gasteiger partial charge >= 0.3 is 0 Å². The molecule has 5 nitrogen and oxygen atoms in total. The van der Waals surface area contributed by atoms with Crippen molar-refractivity contribution < 1.29 is 13.9 Å². The molecule has 0 atom stereocenters. The van der Waals surface area contributed by atoms with Crippen LogP contribution in [0.4, 0.5) is 5.69 Å². The van der Waals surface area contributed by atoms with Gasteiger partial charge in [0.15, 0.2) is 6.61 Å². The van der Waals surface area contributed by atoms with Crippen LogP contribution in [-0.4, -0.2) is 31.5 Å². The molecule has 0 aliphatic heterocycles. The summed E-state index contributed by atoms with van der Waals surface area (Å²) in [6, 6.07) is 19.6. The summed E-state index contributed by atoms with van der Waals surface area (Å²) in [7, 11) is 4.01. The minimum atomic E-state index is -0.0892. The lowest BCUT2D eigenvalue weighted by Gasteiger charge is -2.22. The zero-order valence-corrected chi connectivity index (χ0v) is 16.6. The van der Waals surface area contributed by atoms with Crippen LogP contribution in [0.5, 0.6) is 5.75 Å². The Kier molecular flexibility index (Phi) is 6.37. The van der Waals surface area contributed by atoms with Gasteiger partial charge in [-0.1, -0.05) is 29.8 Å². The predicted octanol–water partition coefficient (Wildman–Crippen LogP) is 4.26. The predicted molar refractivity (Wildman–Crippen MR) is 110 cm³/mol. The minimum Gasteiger partial charge on any atom is -0.484 e. The average molecular weight is 378 g/mol. The first-order valence-electron chi connectivity index (χ1n) is 9.27. The summed E-state index contributed by atoms with van der Waals surface area (Å²) in [5.41, 5.74) is 3.33. The van der Waals surface area contributed by atoms with Crippen molar-refractivity contribution in [1.29, 1.82) is 0 Å². The standard InChI is InChI=1S/C23H26N2O3/c1-18-6-12-21(13-7-18)28-17-23(26)25(16-22-5-4-14-27-22)15-19-8-10-20(11-9-19)24(2)3/h4-14H,15-17H2,1-3H3. The Balaban J connectivity index is 1.68. The number of amides is 1. The molecule has 1 amide bonds. The zero-order chi connectivity index (χ0) is 19.9. The molecule has 0 aliphatic carbocycles. The lowest BCUT2D eigenvalue weighted by Crippen LogP contribution is -2.34. The lowest BCUT2D eigenvalue weighted by atomic mass is 10.2. The molecule has 0 unspecified atom stereocenters. The number of benzene rings is 2. The Morgan fingerprint density at radius 1 is 0.964 bits per heavy atom.